The highest BCUT2D eigenvalue weighted by molar-refractivity contribution is 5.56. The Hall–Kier alpha value is -1.49. The van der Waals surface area contributed by atoms with Crippen molar-refractivity contribution in [2.24, 2.45) is 5.73 Å². The van der Waals surface area contributed by atoms with Crippen LogP contribution in [0.5, 0.6) is 5.75 Å². The molecule has 0 aliphatic rings. The Kier molecular flexibility index (Phi) is 3.36. The van der Waals surface area contributed by atoms with Crippen LogP contribution >= 0.6 is 0 Å². The zero-order valence-electron chi connectivity index (χ0n) is 7.75. The molecular weight excluding hydrogens is 207 g/mol. The zero-order chi connectivity index (χ0) is 11.5. The van der Waals surface area contributed by atoms with Crippen molar-refractivity contribution in [1.29, 1.82) is 0 Å². The van der Waals surface area contributed by atoms with E-state index in [0.29, 0.717) is 6.07 Å². The smallest absolute Gasteiger partial charge is 0.417 e. The van der Waals surface area contributed by atoms with Gasteiger partial charge in [0, 0.05) is 6.54 Å². The third kappa shape index (κ3) is 2.99. The van der Waals surface area contributed by atoms with Gasteiger partial charge in [-0.15, -0.1) is 0 Å². The molecular formula is C10H10F3NO. The lowest BCUT2D eigenvalue weighted by Gasteiger charge is -2.10. The summed E-state index contributed by atoms with van der Waals surface area (Å²) in [7, 11) is 0. The summed E-state index contributed by atoms with van der Waals surface area (Å²) in [6.07, 6.45) is -1.78. The summed E-state index contributed by atoms with van der Waals surface area (Å²) in [5.41, 5.74) is 4.27. The number of phenolic OH excluding ortho intramolecular Hbond substituents is 1. The van der Waals surface area contributed by atoms with Crippen molar-refractivity contribution < 1.29 is 18.3 Å². The number of benzene rings is 1. The topological polar surface area (TPSA) is 46.2 Å². The number of aromatic hydroxyl groups is 1. The van der Waals surface area contributed by atoms with Gasteiger partial charge in [0.1, 0.15) is 5.75 Å². The second kappa shape index (κ2) is 4.35. The van der Waals surface area contributed by atoms with Gasteiger partial charge in [-0.1, -0.05) is 18.2 Å². The van der Waals surface area contributed by atoms with E-state index in [4.69, 9.17) is 10.8 Å². The molecule has 0 unspecified atom stereocenters. The maximum absolute atomic E-state index is 12.5. The molecule has 1 aromatic rings. The second-order valence-corrected chi connectivity index (χ2v) is 2.91. The Morgan fingerprint density at radius 2 is 2.00 bits per heavy atom. The molecule has 2 nitrogen and oxygen atoms in total. The van der Waals surface area contributed by atoms with Crippen LogP contribution < -0.4 is 5.73 Å². The molecule has 0 atom stereocenters. The molecule has 1 rings (SSSR count). The Balaban J connectivity index is 3.21. The molecule has 0 heterocycles. The molecule has 0 aliphatic heterocycles. The van der Waals surface area contributed by atoms with E-state index in [1.165, 1.54) is 24.3 Å². The Labute approximate surface area is 84.8 Å². The second-order valence-electron chi connectivity index (χ2n) is 2.91. The van der Waals surface area contributed by atoms with E-state index in [1.54, 1.807) is 0 Å². The fourth-order valence-corrected chi connectivity index (χ4v) is 1.13. The third-order valence-electron chi connectivity index (χ3n) is 1.78. The Morgan fingerprint density at radius 3 is 2.53 bits per heavy atom. The minimum Gasteiger partial charge on any atom is -0.508 e. The maximum atomic E-state index is 12.5. The minimum absolute atomic E-state index is 0.00856. The number of alkyl halides is 3. The molecule has 15 heavy (non-hydrogen) atoms. The molecule has 0 aromatic heterocycles. The van der Waals surface area contributed by atoms with Crippen LogP contribution in [0.4, 0.5) is 13.2 Å². The van der Waals surface area contributed by atoms with E-state index in [9.17, 15) is 13.2 Å². The van der Waals surface area contributed by atoms with Crippen molar-refractivity contribution in [2.45, 2.75) is 6.18 Å². The van der Waals surface area contributed by atoms with E-state index >= 15 is 0 Å². The zero-order valence-corrected chi connectivity index (χ0v) is 7.75. The molecule has 0 fully saturated rings. The molecule has 0 bridgehead atoms. The summed E-state index contributed by atoms with van der Waals surface area (Å²) in [5.74, 6) is -0.410. The predicted octanol–water partition coefficient (Wildman–Crippen LogP) is 2.38. The molecule has 0 saturated carbocycles. The van der Waals surface area contributed by atoms with Crippen LogP contribution in [0, 0.1) is 0 Å². The number of rotatable bonds is 2. The normalized spacial score (nSPS) is 12.3. The van der Waals surface area contributed by atoms with Crippen molar-refractivity contribution in [1.82, 2.24) is 0 Å². The number of phenols is 1. The molecule has 1 aromatic carbocycles. The van der Waals surface area contributed by atoms with Crippen LogP contribution in [-0.4, -0.2) is 11.7 Å². The van der Waals surface area contributed by atoms with Gasteiger partial charge in [0.2, 0.25) is 0 Å². The largest absolute Gasteiger partial charge is 0.508 e. The first kappa shape index (κ1) is 11.6. The molecule has 5 heteroatoms. The Morgan fingerprint density at radius 1 is 1.33 bits per heavy atom. The Bertz CT molecular complexity index is 371. The minimum atomic E-state index is -4.48. The average Bonchev–Trinajstić information content (AvgIpc) is 2.14. The van der Waals surface area contributed by atoms with Gasteiger partial charge in [-0.05, 0) is 17.7 Å². The lowest BCUT2D eigenvalue weighted by Crippen LogP contribution is -2.07. The third-order valence-corrected chi connectivity index (χ3v) is 1.78. The standard InChI is InChI=1S/C10H10F3NO/c11-10(12,13)9-6-8(15)4-3-7(9)2-1-5-14/h1-4,6,15H,5,14H2. The van der Waals surface area contributed by atoms with E-state index in [-0.39, 0.29) is 12.1 Å². The van der Waals surface area contributed by atoms with E-state index in [2.05, 4.69) is 0 Å². The summed E-state index contributed by atoms with van der Waals surface area (Å²) in [5, 5.41) is 8.98. The van der Waals surface area contributed by atoms with Gasteiger partial charge in [0.15, 0.2) is 0 Å². The number of hydrogen-bond donors (Lipinski definition) is 2. The summed E-state index contributed by atoms with van der Waals surface area (Å²) < 4.78 is 37.4. The molecule has 0 saturated heterocycles. The highest BCUT2D eigenvalue weighted by Crippen LogP contribution is 2.34. The van der Waals surface area contributed by atoms with E-state index in [1.807, 2.05) is 0 Å². The summed E-state index contributed by atoms with van der Waals surface area (Å²) >= 11 is 0. The SMILES string of the molecule is NCC=Cc1ccc(O)cc1C(F)(F)F. The monoisotopic (exact) mass is 217 g/mol. The van der Waals surface area contributed by atoms with Gasteiger partial charge in [0.05, 0.1) is 5.56 Å². The van der Waals surface area contributed by atoms with Crippen LogP contribution in [0.15, 0.2) is 24.3 Å². The van der Waals surface area contributed by atoms with Crippen LogP contribution in [-0.2, 0) is 6.18 Å². The molecule has 0 radical (unpaired) electrons. The van der Waals surface area contributed by atoms with Crippen LogP contribution in [0.1, 0.15) is 11.1 Å². The van der Waals surface area contributed by atoms with E-state index < -0.39 is 17.5 Å². The van der Waals surface area contributed by atoms with Crippen LogP contribution in [0.25, 0.3) is 6.08 Å². The number of halogens is 3. The van der Waals surface area contributed by atoms with Gasteiger partial charge in [-0.2, -0.15) is 13.2 Å². The average molecular weight is 217 g/mol. The van der Waals surface area contributed by atoms with Crippen molar-refractivity contribution in [3.8, 4) is 5.75 Å². The van der Waals surface area contributed by atoms with E-state index in [0.717, 1.165) is 0 Å². The maximum Gasteiger partial charge on any atom is 0.417 e. The fourth-order valence-electron chi connectivity index (χ4n) is 1.13. The number of hydrogen-bond acceptors (Lipinski definition) is 2. The molecule has 3 N–H and O–H groups in total. The summed E-state index contributed by atoms with van der Waals surface area (Å²) in [4.78, 5) is 0. The van der Waals surface area contributed by atoms with Crippen molar-refractivity contribution in [3.05, 3.63) is 35.4 Å². The molecule has 0 amide bonds. The van der Waals surface area contributed by atoms with Crippen LogP contribution in [0.2, 0.25) is 0 Å². The molecule has 82 valence electrons. The number of nitrogens with two attached hydrogens (primary N) is 1. The van der Waals surface area contributed by atoms with Crippen molar-refractivity contribution in [2.75, 3.05) is 6.54 Å². The highest BCUT2D eigenvalue weighted by Gasteiger charge is 2.32. The predicted molar refractivity (Wildman–Crippen MR) is 51.2 cm³/mol. The first-order valence-corrected chi connectivity index (χ1v) is 4.22. The first-order chi connectivity index (χ1) is 6.95. The molecule has 0 aliphatic carbocycles. The van der Waals surface area contributed by atoms with Crippen molar-refractivity contribution >= 4 is 6.08 Å². The fraction of sp³-hybridized carbons (Fsp3) is 0.200. The van der Waals surface area contributed by atoms with Crippen LogP contribution in [0.3, 0.4) is 0 Å². The summed E-state index contributed by atoms with van der Waals surface area (Å²) in [6.45, 7) is 0.165. The molecule has 0 spiro atoms. The van der Waals surface area contributed by atoms with Crippen molar-refractivity contribution in [3.63, 3.8) is 0 Å². The van der Waals surface area contributed by atoms with Gasteiger partial charge in [-0.25, -0.2) is 0 Å². The summed E-state index contributed by atoms with van der Waals surface area (Å²) in [6, 6.07) is 3.09. The lowest BCUT2D eigenvalue weighted by atomic mass is 10.1. The highest BCUT2D eigenvalue weighted by atomic mass is 19.4. The van der Waals surface area contributed by atoms with Gasteiger partial charge in [0.25, 0.3) is 0 Å². The first-order valence-electron chi connectivity index (χ1n) is 4.22. The van der Waals surface area contributed by atoms with Gasteiger partial charge < -0.3 is 10.8 Å². The lowest BCUT2D eigenvalue weighted by molar-refractivity contribution is -0.137. The van der Waals surface area contributed by atoms with Gasteiger partial charge >= 0.3 is 6.18 Å². The quantitative estimate of drug-likeness (QED) is 0.798. The van der Waals surface area contributed by atoms with Gasteiger partial charge in [-0.3, -0.25) is 0 Å².